The lowest BCUT2D eigenvalue weighted by molar-refractivity contribution is -0.160. The highest BCUT2D eigenvalue weighted by atomic mass is 16.6. The molecule has 0 aliphatic rings. The van der Waals surface area contributed by atoms with Crippen molar-refractivity contribution in [3.63, 3.8) is 0 Å². The molecule has 1 rings (SSSR count). The molecule has 1 N–H and O–H groups in total. The molecule has 3 atom stereocenters. The van der Waals surface area contributed by atoms with Crippen LogP contribution in [-0.2, 0) is 35.2 Å². The van der Waals surface area contributed by atoms with Gasteiger partial charge in [0, 0.05) is 0 Å². The second-order valence-corrected chi connectivity index (χ2v) is 8.61. The first-order valence-electron chi connectivity index (χ1n) is 10.8. The van der Waals surface area contributed by atoms with E-state index in [0.29, 0.717) is 6.42 Å². The van der Waals surface area contributed by atoms with Gasteiger partial charge in [0.2, 0.25) is 0 Å². The fourth-order valence-electron chi connectivity index (χ4n) is 2.87. The molecule has 0 aromatic heterocycles. The first kappa shape index (κ1) is 26.6. The van der Waals surface area contributed by atoms with Crippen LogP contribution < -0.4 is 0 Å². The molecule has 0 saturated heterocycles. The maximum absolute atomic E-state index is 12.3. The highest BCUT2D eigenvalue weighted by molar-refractivity contribution is 5.74. The van der Waals surface area contributed by atoms with Gasteiger partial charge >= 0.3 is 17.9 Å². The van der Waals surface area contributed by atoms with Gasteiger partial charge in [0.1, 0.15) is 18.8 Å². The number of ether oxygens (including phenoxy) is 3. The number of aliphatic hydroxyl groups is 1. The lowest BCUT2D eigenvalue weighted by atomic mass is 10.0. The number of benzene rings is 1. The van der Waals surface area contributed by atoms with E-state index in [1.54, 1.807) is 20.8 Å². The monoisotopic (exact) mass is 436 g/mol. The lowest BCUT2D eigenvalue weighted by Gasteiger charge is -2.21. The van der Waals surface area contributed by atoms with Crippen molar-refractivity contribution < 1.29 is 33.7 Å². The van der Waals surface area contributed by atoms with Gasteiger partial charge in [-0.05, 0) is 30.7 Å². The van der Waals surface area contributed by atoms with Crippen LogP contribution in [0.4, 0.5) is 0 Å². The van der Waals surface area contributed by atoms with Gasteiger partial charge in [-0.2, -0.15) is 0 Å². The predicted octanol–water partition coefficient (Wildman–Crippen LogP) is 3.81. The average Bonchev–Trinajstić information content (AvgIpc) is 2.66. The number of carbonyl (C=O) groups is 3. The van der Waals surface area contributed by atoms with Crippen LogP contribution in [0.5, 0.6) is 0 Å². The summed E-state index contributed by atoms with van der Waals surface area (Å²) in [5, 5.41) is 9.76. The van der Waals surface area contributed by atoms with E-state index in [4.69, 9.17) is 14.2 Å². The van der Waals surface area contributed by atoms with E-state index in [1.807, 2.05) is 44.2 Å². The number of aliphatic hydroxyl groups excluding tert-OH is 1. The summed E-state index contributed by atoms with van der Waals surface area (Å²) in [5.41, 5.74) is 0.881. The van der Waals surface area contributed by atoms with Gasteiger partial charge < -0.3 is 19.3 Å². The molecule has 1 aromatic carbocycles. The molecule has 0 radical (unpaired) electrons. The molecule has 174 valence electrons. The fraction of sp³-hybridized carbons (Fsp3) is 0.625. The molecule has 0 unspecified atom stereocenters. The normalized spacial score (nSPS) is 14.1. The van der Waals surface area contributed by atoms with Crippen molar-refractivity contribution in [1.82, 2.24) is 0 Å². The summed E-state index contributed by atoms with van der Waals surface area (Å²) in [4.78, 5) is 36.4. The van der Waals surface area contributed by atoms with Crippen molar-refractivity contribution >= 4 is 17.9 Å². The van der Waals surface area contributed by atoms with E-state index >= 15 is 0 Å². The topological polar surface area (TPSA) is 99.1 Å². The third-order valence-electron chi connectivity index (χ3n) is 4.60. The molecular weight excluding hydrogens is 400 g/mol. The predicted molar refractivity (Wildman–Crippen MR) is 116 cm³/mol. The Morgan fingerprint density at radius 2 is 1.45 bits per heavy atom. The minimum atomic E-state index is -0.788. The summed E-state index contributed by atoms with van der Waals surface area (Å²) in [6, 6.07) is 9.34. The molecule has 0 fully saturated rings. The van der Waals surface area contributed by atoms with Crippen LogP contribution >= 0.6 is 0 Å². The van der Waals surface area contributed by atoms with E-state index in [0.717, 1.165) is 5.56 Å². The third kappa shape index (κ3) is 12.1. The first-order valence-corrected chi connectivity index (χ1v) is 10.8. The number of esters is 3. The van der Waals surface area contributed by atoms with Crippen molar-refractivity contribution in [3.05, 3.63) is 35.9 Å². The van der Waals surface area contributed by atoms with Crippen molar-refractivity contribution in [1.29, 1.82) is 0 Å². The van der Waals surface area contributed by atoms with Crippen molar-refractivity contribution in [2.75, 3.05) is 0 Å². The van der Waals surface area contributed by atoms with Crippen LogP contribution in [0.3, 0.4) is 0 Å². The maximum atomic E-state index is 12.3. The van der Waals surface area contributed by atoms with Gasteiger partial charge in [0.15, 0.2) is 0 Å². The third-order valence-corrected chi connectivity index (χ3v) is 4.60. The molecule has 0 bridgehead atoms. The van der Waals surface area contributed by atoms with Gasteiger partial charge in [-0.1, -0.05) is 58.0 Å². The summed E-state index contributed by atoms with van der Waals surface area (Å²) < 4.78 is 15.9. The summed E-state index contributed by atoms with van der Waals surface area (Å²) in [5.74, 6) is -1.40. The molecule has 0 aliphatic carbocycles. The Bertz CT molecular complexity index is 684. The summed E-state index contributed by atoms with van der Waals surface area (Å²) in [6.07, 6.45) is -1.86. The van der Waals surface area contributed by atoms with Crippen molar-refractivity contribution in [3.8, 4) is 0 Å². The van der Waals surface area contributed by atoms with Crippen LogP contribution in [0.25, 0.3) is 0 Å². The van der Waals surface area contributed by atoms with Crippen LogP contribution in [0.2, 0.25) is 0 Å². The van der Waals surface area contributed by atoms with Gasteiger partial charge in [0.25, 0.3) is 0 Å². The number of hydrogen-bond acceptors (Lipinski definition) is 7. The average molecular weight is 437 g/mol. The highest BCUT2D eigenvalue weighted by Crippen LogP contribution is 2.16. The Balaban J connectivity index is 2.49. The minimum Gasteiger partial charge on any atom is -0.462 e. The van der Waals surface area contributed by atoms with E-state index in [1.165, 1.54) is 0 Å². The number of carbonyl (C=O) groups excluding carboxylic acids is 3. The van der Waals surface area contributed by atoms with Crippen molar-refractivity contribution in [2.45, 2.75) is 85.2 Å². The highest BCUT2D eigenvalue weighted by Gasteiger charge is 2.24. The van der Waals surface area contributed by atoms with E-state index in [2.05, 4.69) is 0 Å². The Kier molecular flexibility index (Phi) is 11.9. The van der Waals surface area contributed by atoms with Crippen LogP contribution in [0, 0.1) is 11.8 Å². The molecule has 0 spiro atoms. The summed E-state index contributed by atoms with van der Waals surface area (Å²) >= 11 is 0. The largest absolute Gasteiger partial charge is 0.462 e. The first-order chi connectivity index (χ1) is 14.6. The zero-order chi connectivity index (χ0) is 23.4. The summed E-state index contributed by atoms with van der Waals surface area (Å²) in [6.45, 7) is 9.31. The van der Waals surface area contributed by atoms with E-state index < -0.39 is 36.2 Å². The molecule has 0 aliphatic heterocycles. The SMILES string of the molecule is CC(C)C[C@H](CC(=O)OCc1ccccc1)OC(=O)C[C@@H](C)OC(=O)C[C@H](O)C(C)C. The molecular formula is C24H36O7. The van der Waals surface area contributed by atoms with Gasteiger partial charge in [-0.3, -0.25) is 14.4 Å². The molecule has 0 saturated carbocycles. The minimum absolute atomic E-state index is 0.0362. The molecule has 7 nitrogen and oxygen atoms in total. The Hall–Kier alpha value is -2.41. The molecule has 7 heteroatoms. The lowest BCUT2D eigenvalue weighted by Crippen LogP contribution is -2.28. The quantitative estimate of drug-likeness (QED) is 0.371. The van der Waals surface area contributed by atoms with Crippen LogP contribution in [0.15, 0.2) is 30.3 Å². The van der Waals surface area contributed by atoms with E-state index in [9.17, 15) is 19.5 Å². The number of rotatable bonds is 13. The molecule has 0 heterocycles. The molecule has 1 aromatic rings. The Morgan fingerprint density at radius 1 is 0.839 bits per heavy atom. The fourth-order valence-corrected chi connectivity index (χ4v) is 2.87. The summed E-state index contributed by atoms with van der Waals surface area (Å²) in [7, 11) is 0. The van der Waals surface area contributed by atoms with Crippen LogP contribution in [0.1, 0.15) is 65.9 Å². The second-order valence-electron chi connectivity index (χ2n) is 8.61. The maximum Gasteiger partial charge on any atom is 0.309 e. The molecule has 31 heavy (non-hydrogen) atoms. The van der Waals surface area contributed by atoms with Crippen molar-refractivity contribution in [2.24, 2.45) is 11.8 Å². The number of hydrogen-bond donors (Lipinski definition) is 1. The van der Waals surface area contributed by atoms with Crippen LogP contribution in [-0.4, -0.2) is 41.3 Å². The zero-order valence-corrected chi connectivity index (χ0v) is 19.2. The second kappa shape index (κ2) is 13.8. The van der Waals surface area contributed by atoms with Gasteiger partial charge in [-0.25, -0.2) is 0 Å². The van der Waals surface area contributed by atoms with E-state index in [-0.39, 0.29) is 37.7 Å². The molecule has 0 amide bonds. The van der Waals surface area contributed by atoms with Gasteiger partial charge in [-0.15, -0.1) is 0 Å². The zero-order valence-electron chi connectivity index (χ0n) is 19.2. The Labute approximate surface area is 185 Å². The van der Waals surface area contributed by atoms with Gasteiger partial charge in [0.05, 0.1) is 25.4 Å². The standard InChI is InChI=1S/C24H36O7/c1-16(2)11-20(13-22(26)29-15-19-9-7-6-8-10-19)31-23(27)12-18(5)30-24(28)14-21(25)17(3)4/h6-10,16-18,20-21,25H,11-15H2,1-5H3/t18-,20-,21+/m1/s1. The smallest absolute Gasteiger partial charge is 0.309 e. The Morgan fingerprint density at radius 3 is 2.03 bits per heavy atom.